The Bertz CT molecular complexity index is 305. The molecule has 0 unspecified atom stereocenters. The first-order chi connectivity index (χ1) is 6.70. The molecule has 0 amide bonds. The standard InChI is InChI=1S/C12H18O2/c1-4-7-14-12-10(3)9(2)5-6-11(12)8-13/h5-6,13H,4,7-8H2,1-3H3. The van der Waals surface area contributed by atoms with Gasteiger partial charge in [0.15, 0.2) is 0 Å². The van der Waals surface area contributed by atoms with Crippen LogP contribution in [0.15, 0.2) is 12.1 Å². The van der Waals surface area contributed by atoms with Crippen molar-refractivity contribution >= 4 is 0 Å². The molecule has 0 aliphatic heterocycles. The summed E-state index contributed by atoms with van der Waals surface area (Å²) in [5, 5.41) is 9.15. The maximum Gasteiger partial charge on any atom is 0.127 e. The van der Waals surface area contributed by atoms with Gasteiger partial charge in [-0.1, -0.05) is 19.1 Å². The zero-order chi connectivity index (χ0) is 10.6. The van der Waals surface area contributed by atoms with Gasteiger partial charge in [0, 0.05) is 5.56 Å². The Morgan fingerprint density at radius 3 is 2.57 bits per heavy atom. The first-order valence-corrected chi connectivity index (χ1v) is 5.03. The van der Waals surface area contributed by atoms with Crippen molar-refractivity contribution < 1.29 is 9.84 Å². The molecule has 1 aromatic carbocycles. The van der Waals surface area contributed by atoms with Crippen LogP contribution in [0.4, 0.5) is 0 Å². The van der Waals surface area contributed by atoms with E-state index in [9.17, 15) is 0 Å². The molecule has 0 saturated heterocycles. The summed E-state index contributed by atoms with van der Waals surface area (Å²) in [6, 6.07) is 3.94. The van der Waals surface area contributed by atoms with Gasteiger partial charge in [0.05, 0.1) is 13.2 Å². The van der Waals surface area contributed by atoms with E-state index < -0.39 is 0 Å². The van der Waals surface area contributed by atoms with Crippen LogP contribution in [0.2, 0.25) is 0 Å². The molecule has 0 radical (unpaired) electrons. The molecule has 1 N–H and O–H groups in total. The van der Waals surface area contributed by atoms with Gasteiger partial charge in [-0.05, 0) is 31.4 Å². The lowest BCUT2D eigenvalue weighted by atomic mass is 10.0. The molecule has 0 bridgehead atoms. The number of hydrogen-bond acceptors (Lipinski definition) is 2. The highest BCUT2D eigenvalue weighted by Crippen LogP contribution is 2.26. The Hall–Kier alpha value is -1.02. The number of aliphatic hydroxyl groups excluding tert-OH is 1. The minimum absolute atomic E-state index is 0.0418. The van der Waals surface area contributed by atoms with Gasteiger partial charge in [0.2, 0.25) is 0 Å². The van der Waals surface area contributed by atoms with Gasteiger partial charge in [0.25, 0.3) is 0 Å². The van der Waals surface area contributed by atoms with Crippen molar-refractivity contribution in [2.24, 2.45) is 0 Å². The third-order valence-electron chi connectivity index (χ3n) is 2.38. The Morgan fingerprint density at radius 1 is 1.29 bits per heavy atom. The normalized spacial score (nSPS) is 10.3. The molecule has 1 aromatic rings. The van der Waals surface area contributed by atoms with E-state index in [4.69, 9.17) is 9.84 Å². The summed E-state index contributed by atoms with van der Waals surface area (Å²) >= 11 is 0. The highest BCUT2D eigenvalue weighted by Gasteiger charge is 2.07. The van der Waals surface area contributed by atoms with Crippen LogP contribution < -0.4 is 4.74 Å². The van der Waals surface area contributed by atoms with Crippen LogP contribution in [0.25, 0.3) is 0 Å². The van der Waals surface area contributed by atoms with Crippen LogP contribution >= 0.6 is 0 Å². The topological polar surface area (TPSA) is 29.5 Å². The maximum atomic E-state index is 9.15. The fraction of sp³-hybridized carbons (Fsp3) is 0.500. The molecule has 0 fully saturated rings. The minimum atomic E-state index is 0.0418. The minimum Gasteiger partial charge on any atom is -0.493 e. The molecule has 2 nitrogen and oxygen atoms in total. The van der Waals surface area contributed by atoms with Crippen molar-refractivity contribution in [3.05, 3.63) is 28.8 Å². The summed E-state index contributed by atoms with van der Waals surface area (Å²) < 4.78 is 5.63. The fourth-order valence-corrected chi connectivity index (χ4v) is 1.38. The molecule has 14 heavy (non-hydrogen) atoms. The van der Waals surface area contributed by atoms with Gasteiger partial charge >= 0.3 is 0 Å². The second-order valence-corrected chi connectivity index (χ2v) is 3.50. The van der Waals surface area contributed by atoms with Crippen LogP contribution in [-0.2, 0) is 6.61 Å². The average Bonchev–Trinajstić information content (AvgIpc) is 2.20. The number of aryl methyl sites for hydroxylation is 1. The van der Waals surface area contributed by atoms with E-state index in [1.165, 1.54) is 5.56 Å². The smallest absolute Gasteiger partial charge is 0.127 e. The summed E-state index contributed by atoms with van der Waals surface area (Å²) in [6.45, 7) is 6.90. The molecular weight excluding hydrogens is 176 g/mol. The molecular formula is C12H18O2. The van der Waals surface area contributed by atoms with Gasteiger partial charge in [-0.15, -0.1) is 0 Å². The summed E-state index contributed by atoms with van der Waals surface area (Å²) in [5.41, 5.74) is 3.21. The lowest BCUT2D eigenvalue weighted by molar-refractivity contribution is 0.262. The van der Waals surface area contributed by atoms with Crippen LogP contribution in [0.5, 0.6) is 5.75 Å². The quantitative estimate of drug-likeness (QED) is 0.798. The van der Waals surface area contributed by atoms with Crippen molar-refractivity contribution in [2.75, 3.05) is 6.61 Å². The highest BCUT2D eigenvalue weighted by molar-refractivity contribution is 5.44. The summed E-state index contributed by atoms with van der Waals surface area (Å²) in [4.78, 5) is 0. The van der Waals surface area contributed by atoms with E-state index >= 15 is 0 Å². The second kappa shape index (κ2) is 5.01. The van der Waals surface area contributed by atoms with Crippen LogP contribution in [-0.4, -0.2) is 11.7 Å². The molecule has 78 valence electrons. The van der Waals surface area contributed by atoms with Crippen molar-refractivity contribution in [3.63, 3.8) is 0 Å². The van der Waals surface area contributed by atoms with Crippen molar-refractivity contribution in [3.8, 4) is 5.75 Å². The molecule has 0 spiro atoms. The lowest BCUT2D eigenvalue weighted by Gasteiger charge is -2.14. The first kappa shape index (κ1) is 11.1. The second-order valence-electron chi connectivity index (χ2n) is 3.50. The fourth-order valence-electron chi connectivity index (χ4n) is 1.38. The van der Waals surface area contributed by atoms with Crippen molar-refractivity contribution in [1.29, 1.82) is 0 Å². The van der Waals surface area contributed by atoms with E-state index in [1.807, 2.05) is 19.1 Å². The van der Waals surface area contributed by atoms with Crippen molar-refractivity contribution in [2.45, 2.75) is 33.8 Å². The number of benzene rings is 1. The third kappa shape index (κ3) is 2.26. The maximum absolute atomic E-state index is 9.15. The molecule has 1 rings (SSSR count). The molecule has 0 heterocycles. The summed E-state index contributed by atoms with van der Waals surface area (Å²) in [5.74, 6) is 0.856. The highest BCUT2D eigenvalue weighted by atomic mass is 16.5. The number of aliphatic hydroxyl groups is 1. The molecule has 0 saturated carbocycles. The van der Waals surface area contributed by atoms with E-state index in [0.29, 0.717) is 6.61 Å². The Labute approximate surface area is 85.5 Å². The molecule has 0 atom stereocenters. The van der Waals surface area contributed by atoms with Crippen LogP contribution in [0.1, 0.15) is 30.0 Å². The summed E-state index contributed by atoms with van der Waals surface area (Å²) in [6.07, 6.45) is 0.984. The molecule has 0 aliphatic rings. The molecule has 0 aliphatic carbocycles. The largest absolute Gasteiger partial charge is 0.493 e. The van der Waals surface area contributed by atoms with Gasteiger partial charge in [-0.25, -0.2) is 0 Å². The zero-order valence-corrected chi connectivity index (χ0v) is 9.13. The van der Waals surface area contributed by atoms with Gasteiger partial charge in [-0.3, -0.25) is 0 Å². The predicted octanol–water partition coefficient (Wildman–Crippen LogP) is 2.58. The van der Waals surface area contributed by atoms with Gasteiger partial charge in [-0.2, -0.15) is 0 Å². The van der Waals surface area contributed by atoms with E-state index in [-0.39, 0.29) is 6.61 Å². The Balaban J connectivity index is 3.01. The predicted molar refractivity (Wildman–Crippen MR) is 57.6 cm³/mol. The van der Waals surface area contributed by atoms with Crippen LogP contribution in [0, 0.1) is 13.8 Å². The van der Waals surface area contributed by atoms with E-state index in [0.717, 1.165) is 23.3 Å². The average molecular weight is 194 g/mol. The van der Waals surface area contributed by atoms with Gasteiger partial charge < -0.3 is 9.84 Å². The van der Waals surface area contributed by atoms with Gasteiger partial charge in [0.1, 0.15) is 5.75 Å². The number of ether oxygens (including phenoxy) is 1. The summed E-state index contributed by atoms with van der Waals surface area (Å²) in [7, 11) is 0. The Morgan fingerprint density at radius 2 is 2.00 bits per heavy atom. The molecule has 2 heteroatoms. The van der Waals surface area contributed by atoms with E-state index in [1.54, 1.807) is 0 Å². The Kier molecular flexibility index (Phi) is 3.96. The number of hydrogen-bond donors (Lipinski definition) is 1. The van der Waals surface area contributed by atoms with Crippen molar-refractivity contribution in [1.82, 2.24) is 0 Å². The van der Waals surface area contributed by atoms with E-state index in [2.05, 4.69) is 13.8 Å². The lowest BCUT2D eigenvalue weighted by Crippen LogP contribution is -2.02. The zero-order valence-electron chi connectivity index (χ0n) is 9.13. The SMILES string of the molecule is CCCOc1c(CO)ccc(C)c1C. The molecule has 0 aromatic heterocycles. The van der Waals surface area contributed by atoms with Crippen LogP contribution in [0.3, 0.4) is 0 Å². The monoisotopic (exact) mass is 194 g/mol. The first-order valence-electron chi connectivity index (χ1n) is 5.03. The number of rotatable bonds is 4. The third-order valence-corrected chi connectivity index (χ3v) is 2.38.